The standard InChI is InChI=1S/C32H30ClN3O3/c33-26-9-6-23(7-10-26)30-29(18-20-16-25(17-20)32(38)39)34-28-19-24(8-11-27(28)35-30)31(37)36-14-12-22(13-15-36)21-4-2-1-3-5-21/h1-11,19-20,22,25H,12-18H2,(H,38,39). The van der Waals surface area contributed by atoms with E-state index in [4.69, 9.17) is 21.6 Å². The summed E-state index contributed by atoms with van der Waals surface area (Å²) in [6, 6.07) is 23.6. The van der Waals surface area contributed by atoms with Crippen LogP contribution in [0.3, 0.4) is 0 Å². The van der Waals surface area contributed by atoms with Crippen LogP contribution in [0.5, 0.6) is 0 Å². The summed E-state index contributed by atoms with van der Waals surface area (Å²) in [5.41, 5.74) is 5.89. The first-order valence-corrected chi connectivity index (χ1v) is 14.0. The lowest BCUT2D eigenvalue weighted by Crippen LogP contribution is -2.37. The summed E-state index contributed by atoms with van der Waals surface area (Å²) < 4.78 is 0. The van der Waals surface area contributed by atoms with Crippen molar-refractivity contribution >= 4 is 34.5 Å². The van der Waals surface area contributed by atoms with E-state index in [0.717, 1.165) is 48.4 Å². The van der Waals surface area contributed by atoms with Crippen LogP contribution >= 0.6 is 11.6 Å². The Balaban J connectivity index is 1.25. The van der Waals surface area contributed by atoms with Crippen molar-refractivity contribution in [2.24, 2.45) is 11.8 Å². The molecule has 3 aromatic carbocycles. The van der Waals surface area contributed by atoms with Gasteiger partial charge in [-0.05, 0) is 79.8 Å². The number of hydrogen-bond donors (Lipinski definition) is 1. The molecule has 4 aromatic rings. The SMILES string of the molecule is O=C(O)C1CC(Cc2nc3cc(C(=O)N4CCC(c5ccccc5)CC4)ccc3nc2-c2ccc(Cl)cc2)C1. The molecular formula is C32H30ClN3O3. The monoisotopic (exact) mass is 539 g/mol. The van der Waals surface area contributed by atoms with Gasteiger partial charge in [-0.2, -0.15) is 0 Å². The third kappa shape index (κ3) is 5.39. The highest BCUT2D eigenvalue weighted by atomic mass is 35.5. The van der Waals surface area contributed by atoms with Gasteiger partial charge in [0.2, 0.25) is 0 Å². The minimum absolute atomic E-state index is 0.0248. The van der Waals surface area contributed by atoms with E-state index in [0.29, 0.717) is 41.3 Å². The maximum atomic E-state index is 13.4. The summed E-state index contributed by atoms with van der Waals surface area (Å²) in [5, 5.41) is 9.95. The summed E-state index contributed by atoms with van der Waals surface area (Å²) in [6.07, 6.45) is 3.85. The van der Waals surface area contributed by atoms with Crippen LogP contribution in [0, 0.1) is 11.8 Å². The molecule has 6 nitrogen and oxygen atoms in total. The third-order valence-corrected chi connectivity index (χ3v) is 8.47. The molecule has 1 aliphatic heterocycles. The van der Waals surface area contributed by atoms with Crippen LogP contribution < -0.4 is 0 Å². The first-order valence-electron chi connectivity index (χ1n) is 13.6. The van der Waals surface area contributed by atoms with Crippen molar-refractivity contribution in [2.75, 3.05) is 13.1 Å². The largest absolute Gasteiger partial charge is 0.481 e. The van der Waals surface area contributed by atoms with Gasteiger partial charge in [0.25, 0.3) is 5.91 Å². The Hall–Kier alpha value is -3.77. The number of nitrogens with zero attached hydrogens (tertiary/aromatic N) is 3. The van der Waals surface area contributed by atoms with E-state index >= 15 is 0 Å². The molecule has 198 valence electrons. The van der Waals surface area contributed by atoms with Crippen molar-refractivity contribution in [1.29, 1.82) is 0 Å². The quantitative estimate of drug-likeness (QED) is 0.297. The molecule has 1 aliphatic carbocycles. The van der Waals surface area contributed by atoms with Crippen molar-refractivity contribution in [2.45, 2.75) is 38.0 Å². The van der Waals surface area contributed by atoms with Crippen LogP contribution in [0.15, 0.2) is 72.8 Å². The average molecular weight is 540 g/mol. The summed E-state index contributed by atoms with van der Waals surface area (Å²) in [6.45, 7) is 1.46. The van der Waals surface area contributed by atoms with Gasteiger partial charge in [-0.1, -0.05) is 54.1 Å². The zero-order valence-electron chi connectivity index (χ0n) is 21.6. The zero-order valence-corrected chi connectivity index (χ0v) is 22.3. The number of carbonyl (C=O) groups excluding carboxylic acids is 1. The number of rotatable bonds is 6. The Bertz CT molecular complexity index is 1510. The number of carbonyl (C=O) groups is 2. The predicted molar refractivity (Wildman–Crippen MR) is 152 cm³/mol. The van der Waals surface area contributed by atoms with E-state index in [1.807, 2.05) is 53.4 Å². The number of aliphatic carboxylic acids is 1. The summed E-state index contributed by atoms with van der Waals surface area (Å²) in [7, 11) is 0. The van der Waals surface area contributed by atoms with Gasteiger partial charge in [0, 0.05) is 29.2 Å². The third-order valence-electron chi connectivity index (χ3n) is 8.22. The predicted octanol–water partition coefficient (Wildman–Crippen LogP) is 6.62. The van der Waals surface area contributed by atoms with Crippen molar-refractivity contribution in [1.82, 2.24) is 14.9 Å². The minimum Gasteiger partial charge on any atom is -0.481 e. The number of likely N-dealkylation sites (tertiary alicyclic amines) is 1. The molecule has 1 amide bonds. The second-order valence-corrected chi connectivity index (χ2v) is 11.2. The lowest BCUT2D eigenvalue weighted by molar-refractivity contribution is -0.146. The summed E-state index contributed by atoms with van der Waals surface area (Å²) in [5.74, 6) is -0.252. The normalized spacial score (nSPS) is 19.6. The molecule has 1 N–H and O–H groups in total. The van der Waals surface area contributed by atoms with Gasteiger partial charge in [-0.3, -0.25) is 9.59 Å². The van der Waals surface area contributed by atoms with E-state index in [1.165, 1.54) is 5.56 Å². The topological polar surface area (TPSA) is 83.4 Å². The fraction of sp³-hybridized carbons (Fsp3) is 0.312. The molecule has 0 radical (unpaired) electrons. The van der Waals surface area contributed by atoms with E-state index < -0.39 is 5.97 Å². The lowest BCUT2D eigenvalue weighted by atomic mass is 9.72. The molecule has 0 spiro atoms. The van der Waals surface area contributed by atoms with E-state index in [1.54, 1.807) is 0 Å². The van der Waals surface area contributed by atoms with E-state index in [-0.39, 0.29) is 17.7 Å². The number of halogens is 1. The molecular weight excluding hydrogens is 510 g/mol. The molecule has 0 atom stereocenters. The van der Waals surface area contributed by atoms with Crippen LogP contribution in [0.4, 0.5) is 0 Å². The second kappa shape index (κ2) is 10.8. The van der Waals surface area contributed by atoms with Gasteiger partial charge in [0.15, 0.2) is 0 Å². The Kier molecular flexibility index (Phi) is 7.05. The highest BCUT2D eigenvalue weighted by molar-refractivity contribution is 6.30. The smallest absolute Gasteiger partial charge is 0.306 e. The van der Waals surface area contributed by atoms with Crippen LogP contribution in [0.2, 0.25) is 5.02 Å². The van der Waals surface area contributed by atoms with Gasteiger partial charge in [0.1, 0.15) is 0 Å². The zero-order chi connectivity index (χ0) is 26.9. The summed E-state index contributed by atoms with van der Waals surface area (Å²) in [4.78, 5) is 36.6. The van der Waals surface area contributed by atoms with Gasteiger partial charge in [-0.15, -0.1) is 0 Å². The van der Waals surface area contributed by atoms with Crippen LogP contribution in [0.1, 0.15) is 53.2 Å². The molecule has 1 saturated carbocycles. The number of amides is 1. The fourth-order valence-electron chi connectivity index (χ4n) is 5.91. The van der Waals surface area contributed by atoms with Gasteiger partial charge in [0.05, 0.1) is 28.3 Å². The Morgan fingerprint density at radius 2 is 1.62 bits per heavy atom. The van der Waals surface area contributed by atoms with Crippen molar-refractivity contribution in [3.05, 3.63) is 94.6 Å². The molecule has 7 heteroatoms. The fourth-order valence-corrected chi connectivity index (χ4v) is 6.03. The maximum Gasteiger partial charge on any atom is 0.306 e. The van der Waals surface area contributed by atoms with Crippen molar-refractivity contribution in [3.63, 3.8) is 0 Å². The highest BCUT2D eigenvalue weighted by Crippen LogP contribution is 2.38. The Morgan fingerprint density at radius 1 is 0.897 bits per heavy atom. The average Bonchev–Trinajstić information content (AvgIpc) is 2.94. The molecule has 2 fully saturated rings. The van der Waals surface area contributed by atoms with Crippen molar-refractivity contribution < 1.29 is 14.7 Å². The van der Waals surface area contributed by atoms with Gasteiger partial charge < -0.3 is 10.0 Å². The molecule has 6 rings (SSSR count). The van der Waals surface area contributed by atoms with Gasteiger partial charge in [-0.25, -0.2) is 9.97 Å². The van der Waals surface area contributed by atoms with Crippen LogP contribution in [0.25, 0.3) is 22.3 Å². The van der Waals surface area contributed by atoms with Crippen LogP contribution in [-0.4, -0.2) is 44.9 Å². The van der Waals surface area contributed by atoms with Crippen LogP contribution in [-0.2, 0) is 11.2 Å². The number of piperidine rings is 1. The lowest BCUT2D eigenvalue weighted by Gasteiger charge is -2.32. The minimum atomic E-state index is -0.732. The number of fused-ring (bicyclic) bond motifs is 1. The molecule has 0 bridgehead atoms. The van der Waals surface area contributed by atoms with Crippen molar-refractivity contribution in [3.8, 4) is 11.3 Å². The molecule has 1 saturated heterocycles. The molecule has 39 heavy (non-hydrogen) atoms. The summed E-state index contributed by atoms with van der Waals surface area (Å²) >= 11 is 6.12. The maximum absolute atomic E-state index is 13.4. The number of benzene rings is 3. The first kappa shape index (κ1) is 25.5. The first-order chi connectivity index (χ1) is 18.9. The van der Waals surface area contributed by atoms with E-state index in [9.17, 15) is 14.7 Å². The van der Waals surface area contributed by atoms with E-state index in [2.05, 4.69) is 24.3 Å². The highest BCUT2D eigenvalue weighted by Gasteiger charge is 2.35. The molecule has 2 heterocycles. The molecule has 2 aliphatic rings. The number of aromatic nitrogens is 2. The Morgan fingerprint density at radius 3 is 2.31 bits per heavy atom. The second-order valence-electron chi connectivity index (χ2n) is 10.8. The number of hydrogen-bond acceptors (Lipinski definition) is 4. The molecule has 0 unspecified atom stereocenters. The number of carboxylic acid groups (broad SMARTS) is 1. The van der Waals surface area contributed by atoms with Gasteiger partial charge >= 0.3 is 5.97 Å². The Labute approximate surface area is 232 Å². The molecule has 1 aromatic heterocycles. The number of carboxylic acids is 1.